The molecule has 1 fully saturated rings. The van der Waals surface area contributed by atoms with Crippen molar-refractivity contribution in [3.8, 4) is 0 Å². The van der Waals surface area contributed by atoms with Crippen LogP contribution in [0.1, 0.15) is 63.3 Å². The number of amides is 2. The van der Waals surface area contributed by atoms with Crippen molar-refractivity contribution in [1.82, 2.24) is 14.8 Å². The lowest BCUT2D eigenvalue weighted by atomic mass is 9.80. The fourth-order valence-electron chi connectivity index (χ4n) is 5.57. The molecule has 2 heterocycles. The molecule has 1 atom stereocenters. The number of nitrogens with one attached hydrogen (secondary N) is 1. The van der Waals surface area contributed by atoms with Crippen LogP contribution >= 0.6 is 0 Å². The molecule has 6 nitrogen and oxygen atoms in total. The Hall–Kier alpha value is -2.50. The van der Waals surface area contributed by atoms with Gasteiger partial charge in [0.1, 0.15) is 0 Å². The van der Waals surface area contributed by atoms with Gasteiger partial charge in [0.05, 0.1) is 6.04 Å². The highest BCUT2D eigenvalue weighted by Crippen LogP contribution is 2.40. The van der Waals surface area contributed by atoms with E-state index in [0.717, 1.165) is 45.1 Å². The number of hydrogen-bond donors (Lipinski definition) is 2. The van der Waals surface area contributed by atoms with Gasteiger partial charge in [0.25, 0.3) is 0 Å². The number of benzene rings is 1. The maximum Gasteiger partial charge on any atom is 0.407 e. The van der Waals surface area contributed by atoms with Crippen LogP contribution in [0.3, 0.4) is 0 Å². The van der Waals surface area contributed by atoms with Crippen molar-refractivity contribution in [3.63, 3.8) is 0 Å². The molecule has 168 valence electrons. The normalized spacial score (nSPS) is 23.7. The molecule has 2 aromatic rings. The molecule has 1 saturated carbocycles. The number of fused-ring (bicyclic) bond motifs is 3. The van der Waals surface area contributed by atoms with Gasteiger partial charge in [0, 0.05) is 42.7 Å². The van der Waals surface area contributed by atoms with Crippen molar-refractivity contribution in [2.45, 2.75) is 58.4 Å². The summed E-state index contributed by atoms with van der Waals surface area (Å²) < 4.78 is 0. The molecule has 1 aromatic heterocycles. The van der Waals surface area contributed by atoms with Gasteiger partial charge in [-0.15, -0.1) is 0 Å². The number of carbonyl (C=O) groups is 2. The van der Waals surface area contributed by atoms with Crippen molar-refractivity contribution in [1.29, 1.82) is 0 Å². The molecule has 2 amide bonds. The zero-order valence-electron chi connectivity index (χ0n) is 18.9. The van der Waals surface area contributed by atoms with Crippen LogP contribution in [0.2, 0.25) is 0 Å². The molecule has 31 heavy (non-hydrogen) atoms. The van der Waals surface area contributed by atoms with Crippen LogP contribution in [0, 0.1) is 17.8 Å². The van der Waals surface area contributed by atoms with Crippen LogP contribution in [-0.2, 0) is 11.2 Å². The molecule has 1 aliphatic carbocycles. The largest absolute Gasteiger partial charge is 0.465 e. The second kappa shape index (κ2) is 8.93. The molecule has 2 N–H and O–H groups in total. The molecule has 0 radical (unpaired) electrons. The number of H-pyrrole nitrogens is 1. The van der Waals surface area contributed by atoms with Crippen LogP contribution in [0.4, 0.5) is 4.79 Å². The minimum absolute atomic E-state index is 0.0620. The third-order valence-electron chi connectivity index (χ3n) is 7.19. The highest BCUT2D eigenvalue weighted by atomic mass is 16.4. The quantitative estimate of drug-likeness (QED) is 0.703. The number of aromatic nitrogens is 1. The summed E-state index contributed by atoms with van der Waals surface area (Å²) in [6.45, 7) is 5.80. The van der Waals surface area contributed by atoms with E-state index in [1.165, 1.54) is 27.1 Å². The first-order valence-electron chi connectivity index (χ1n) is 11.7. The van der Waals surface area contributed by atoms with Gasteiger partial charge < -0.3 is 19.9 Å². The molecule has 4 rings (SSSR count). The van der Waals surface area contributed by atoms with Crippen molar-refractivity contribution in [3.05, 3.63) is 35.5 Å². The van der Waals surface area contributed by atoms with Gasteiger partial charge in [-0.05, 0) is 62.0 Å². The van der Waals surface area contributed by atoms with Crippen molar-refractivity contribution in [2.24, 2.45) is 17.8 Å². The average molecular weight is 426 g/mol. The third-order valence-corrected chi connectivity index (χ3v) is 7.19. The summed E-state index contributed by atoms with van der Waals surface area (Å²) in [5.74, 6) is 1.21. The Morgan fingerprint density at radius 1 is 1.19 bits per heavy atom. The Kier molecular flexibility index (Phi) is 6.26. The van der Waals surface area contributed by atoms with Gasteiger partial charge in [-0.1, -0.05) is 32.0 Å². The number of carboxylic acid groups (broad SMARTS) is 1. The van der Waals surface area contributed by atoms with Gasteiger partial charge in [-0.25, -0.2) is 4.79 Å². The lowest BCUT2D eigenvalue weighted by Gasteiger charge is -2.40. The van der Waals surface area contributed by atoms with Crippen molar-refractivity contribution in [2.75, 3.05) is 20.1 Å². The van der Waals surface area contributed by atoms with E-state index in [0.29, 0.717) is 24.3 Å². The van der Waals surface area contributed by atoms with E-state index in [9.17, 15) is 9.59 Å². The van der Waals surface area contributed by atoms with Gasteiger partial charge in [0.15, 0.2) is 0 Å². The molecule has 1 aliphatic heterocycles. The van der Waals surface area contributed by atoms with Gasteiger partial charge in [-0.3, -0.25) is 4.79 Å². The van der Waals surface area contributed by atoms with Gasteiger partial charge >= 0.3 is 6.09 Å². The molecule has 2 aliphatic rings. The van der Waals surface area contributed by atoms with E-state index in [1.807, 2.05) is 0 Å². The lowest BCUT2D eigenvalue weighted by Crippen LogP contribution is -2.44. The Morgan fingerprint density at radius 3 is 2.58 bits per heavy atom. The molecule has 0 spiro atoms. The molecule has 1 aromatic carbocycles. The number of carbonyl (C=O) groups excluding carboxylic acids is 1. The Morgan fingerprint density at radius 2 is 1.90 bits per heavy atom. The van der Waals surface area contributed by atoms with Gasteiger partial charge in [0.2, 0.25) is 5.91 Å². The first kappa shape index (κ1) is 21.7. The smallest absolute Gasteiger partial charge is 0.407 e. The van der Waals surface area contributed by atoms with Crippen LogP contribution in [0.25, 0.3) is 10.9 Å². The number of nitrogens with zero attached hydrogens (tertiary/aromatic N) is 2. The van der Waals surface area contributed by atoms with E-state index in [-0.39, 0.29) is 12.0 Å². The molecule has 6 heteroatoms. The molecule has 0 saturated heterocycles. The number of rotatable bonds is 5. The summed E-state index contributed by atoms with van der Waals surface area (Å²) in [7, 11) is 1.63. The summed E-state index contributed by atoms with van der Waals surface area (Å²) in [6.07, 6.45) is 4.56. The van der Waals surface area contributed by atoms with E-state index < -0.39 is 6.09 Å². The SMILES string of the molecule is CC(C)CC1c2[nH]c3ccccc3c2CCN1C(=O)C1CCC(CN(C)C(=O)O)CC1. The first-order valence-corrected chi connectivity index (χ1v) is 11.7. The van der Waals surface area contributed by atoms with Crippen LogP contribution in [0.15, 0.2) is 24.3 Å². The standard InChI is InChI=1S/C25H35N3O3/c1-16(2)14-22-23-20(19-6-4-5-7-21(19)26-23)12-13-28(22)24(29)18-10-8-17(9-11-18)15-27(3)25(30)31/h4-7,16-18,22,26H,8-15H2,1-3H3,(H,30,31). The zero-order valence-corrected chi connectivity index (χ0v) is 18.9. The van der Waals surface area contributed by atoms with Crippen LogP contribution in [0.5, 0.6) is 0 Å². The molecule has 0 bridgehead atoms. The minimum Gasteiger partial charge on any atom is -0.465 e. The summed E-state index contributed by atoms with van der Waals surface area (Å²) in [6, 6.07) is 8.57. The number of hydrogen-bond acceptors (Lipinski definition) is 2. The predicted octanol–water partition coefficient (Wildman–Crippen LogP) is 5.06. The van der Waals surface area contributed by atoms with E-state index >= 15 is 0 Å². The Bertz CT molecular complexity index is 943. The Balaban J connectivity index is 1.49. The summed E-state index contributed by atoms with van der Waals surface area (Å²) in [5.41, 5.74) is 3.77. The predicted molar refractivity (Wildman–Crippen MR) is 122 cm³/mol. The summed E-state index contributed by atoms with van der Waals surface area (Å²) >= 11 is 0. The highest BCUT2D eigenvalue weighted by Gasteiger charge is 2.37. The zero-order chi connectivity index (χ0) is 22.1. The second-order valence-electron chi connectivity index (χ2n) is 9.87. The lowest BCUT2D eigenvalue weighted by molar-refractivity contribution is -0.140. The van der Waals surface area contributed by atoms with Crippen LogP contribution < -0.4 is 0 Å². The summed E-state index contributed by atoms with van der Waals surface area (Å²) in [4.78, 5) is 31.9. The molecule has 1 unspecified atom stereocenters. The van der Waals surface area contributed by atoms with E-state index in [4.69, 9.17) is 5.11 Å². The Labute approximate surface area is 184 Å². The average Bonchev–Trinajstić information content (AvgIpc) is 3.13. The van der Waals surface area contributed by atoms with Crippen molar-refractivity contribution >= 4 is 22.9 Å². The number of aromatic amines is 1. The molecular formula is C25H35N3O3. The van der Waals surface area contributed by atoms with E-state index in [1.54, 1.807) is 7.05 Å². The maximum atomic E-state index is 13.6. The van der Waals surface area contributed by atoms with Gasteiger partial charge in [-0.2, -0.15) is 0 Å². The van der Waals surface area contributed by atoms with Crippen LogP contribution in [-0.4, -0.2) is 52.0 Å². The fraction of sp³-hybridized carbons (Fsp3) is 0.600. The topological polar surface area (TPSA) is 76.6 Å². The summed E-state index contributed by atoms with van der Waals surface area (Å²) in [5, 5.41) is 10.4. The fourth-order valence-corrected chi connectivity index (χ4v) is 5.57. The second-order valence-corrected chi connectivity index (χ2v) is 9.87. The third kappa shape index (κ3) is 4.43. The van der Waals surface area contributed by atoms with E-state index in [2.05, 4.69) is 48.0 Å². The van der Waals surface area contributed by atoms with Crippen molar-refractivity contribution < 1.29 is 14.7 Å². The monoisotopic (exact) mass is 425 g/mol. The maximum absolute atomic E-state index is 13.6. The highest BCUT2D eigenvalue weighted by molar-refractivity contribution is 5.86. The molecular weight excluding hydrogens is 390 g/mol. The minimum atomic E-state index is -0.878. The number of para-hydroxylation sites is 1. The first-order chi connectivity index (χ1) is 14.8.